The molecular formula is C11H10ClN. The van der Waals surface area contributed by atoms with E-state index in [0.29, 0.717) is 5.15 Å². The van der Waals surface area contributed by atoms with Crippen LogP contribution < -0.4 is 0 Å². The van der Waals surface area contributed by atoms with Gasteiger partial charge in [-0.25, -0.2) is 4.98 Å². The maximum absolute atomic E-state index is 6.02. The van der Waals surface area contributed by atoms with E-state index >= 15 is 0 Å². The molecule has 0 aliphatic rings. The average molecular weight is 192 g/mol. The lowest BCUT2D eigenvalue weighted by Crippen LogP contribution is -1.85. The summed E-state index contributed by atoms with van der Waals surface area (Å²) in [6.07, 6.45) is 1.75. The highest BCUT2D eigenvalue weighted by Gasteiger charge is 2.04. The number of hydrogen-bond donors (Lipinski definition) is 0. The summed E-state index contributed by atoms with van der Waals surface area (Å²) < 4.78 is 0. The summed E-state index contributed by atoms with van der Waals surface area (Å²) in [6, 6.07) is 6.18. The smallest absolute Gasteiger partial charge is 0.137 e. The molecule has 0 atom stereocenters. The molecule has 1 aromatic heterocycles. The lowest BCUT2D eigenvalue weighted by molar-refractivity contribution is 1.34. The maximum Gasteiger partial charge on any atom is 0.137 e. The van der Waals surface area contributed by atoms with Crippen molar-refractivity contribution in [3.8, 4) is 0 Å². The van der Waals surface area contributed by atoms with Gasteiger partial charge in [0, 0.05) is 11.6 Å². The topological polar surface area (TPSA) is 12.9 Å². The highest BCUT2D eigenvalue weighted by atomic mass is 35.5. The van der Waals surface area contributed by atoms with Crippen LogP contribution >= 0.6 is 11.6 Å². The first-order valence-electron chi connectivity index (χ1n) is 4.20. The van der Waals surface area contributed by atoms with Crippen LogP contribution in [0.25, 0.3) is 10.8 Å². The quantitative estimate of drug-likeness (QED) is 0.581. The summed E-state index contributed by atoms with van der Waals surface area (Å²) in [5, 5.41) is 2.86. The third kappa shape index (κ3) is 1.29. The van der Waals surface area contributed by atoms with Gasteiger partial charge in [0.05, 0.1) is 0 Å². The lowest BCUT2D eigenvalue weighted by Gasteiger charge is -2.05. The third-order valence-corrected chi connectivity index (χ3v) is 2.59. The predicted octanol–water partition coefficient (Wildman–Crippen LogP) is 3.51. The first kappa shape index (κ1) is 8.52. The van der Waals surface area contributed by atoms with E-state index in [0.717, 1.165) is 5.39 Å². The number of pyridine rings is 1. The molecule has 1 aromatic carbocycles. The van der Waals surface area contributed by atoms with Crippen molar-refractivity contribution in [3.05, 3.63) is 40.7 Å². The molecule has 0 bridgehead atoms. The zero-order chi connectivity index (χ0) is 9.42. The average Bonchev–Trinajstić information content (AvgIpc) is 2.12. The van der Waals surface area contributed by atoms with Crippen molar-refractivity contribution < 1.29 is 0 Å². The van der Waals surface area contributed by atoms with Crippen LogP contribution in [0.1, 0.15) is 11.1 Å². The molecule has 0 unspecified atom stereocenters. The summed E-state index contributed by atoms with van der Waals surface area (Å²) in [7, 11) is 0. The van der Waals surface area contributed by atoms with Crippen LogP contribution in [0.4, 0.5) is 0 Å². The van der Waals surface area contributed by atoms with E-state index in [1.54, 1.807) is 6.20 Å². The normalized spacial score (nSPS) is 10.7. The summed E-state index contributed by atoms with van der Waals surface area (Å²) in [4.78, 5) is 4.07. The Morgan fingerprint density at radius 1 is 1.08 bits per heavy atom. The van der Waals surface area contributed by atoms with E-state index in [2.05, 4.69) is 31.0 Å². The van der Waals surface area contributed by atoms with Gasteiger partial charge in [0.15, 0.2) is 0 Å². The van der Waals surface area contributed by atoms with E-state index in [-0.39, 0.29) is 0 Å². The van der Waals surface area contributed by atoms with Gasteiger partial charge in [-0.1, -0.05) is 23.7 Å². The van der Waals surface area contributed by atoms with E-state index in [1.165, 1.54) is 16.5 Å². The van der Waals surface area contributed by atoms with Gasteiger partial charge in [0.2, 0.25) is 0 Å². The molecule has 2 aromatic rings. The minimum absolute atomic E-state index is 0.596. The maximum atomic E-state index is 6.02. The van der Waals surface area contributed by atoms with Gasteiger partial charge >= 0.3 is 0 Å². The van der Waals surface area contributed by atoms with Crippen LogP contribution in [0.2, 0.25) is 5.15 Å². The molecule has 0 fully saturated rings. The molecule has 0 saturated heterocycles. The number of benzene rings is 1. The van der Waals surface area contributed by atoms with Crippen molar-refractivity contribution in [2.24, 2.45) is 0 Å². The molecule has 2 rings (SSSR count). The molecule has 0 aliphatic heterocycles. The molecule has 1 heterocycles. The van der Waals surface area contributed by atoms with Crippen molar-refractivity contribution in [2.75, 3.05) is 0 Å². The molecule has 0 spiro atoms. The Balaban J connectivity index is 3.00. The molecule has 0 aliphatic carbocycles. The fraction of sp³-hybridized carbons (Fsp3) is 0.182. The number of aryl methyl sites for hydroxylation is 2. The second-order valence-corrected chi connectivity index (χ2v) is 3.58. The largest absolute Gasteiger partial charge is 0.244 e. The number of fused-ring (bicyclic) bond motifs is 1. The van der Waals surface area contributed by atoms with Crippen molar-refractivity contribution in [1.82, 2.24) is 4.98 Å². The van der Waals surface area contributed by atoms with Crippen molar-refractivity contribution in [1.29, 1.82) is 0 Å². The van der Waals surface area contributed by atoms with E-state index in [4.69, 9.17) is 11.6 Å². The molecule has 66 valence electrons. The van der Waals surface area contributed by atoms with Gasteiger partial charge in [-0.3, -0.25) is 0 Å². The predicted molar refractivity (Wildman–Crippen MR) is 56.2 cm³/mol. The van der Waals surface area contributed by atoms with E-state index in [9.17, 15) is 0 Å². The zero-order valence-corrected chi connectivity index (χ0v) is 8.39. The highest BCUT2D eigenvalue weighted by Crippen LogP contribution is 2.26. The second-order valence-electron chi connectivity index (χ2n) is 3.22. The van der Waals surface area contributed by atoms with Crippen LogP contribution in [0.3, 0.4) is 0 Å². The molecule has 0 saturated carbocycles. The van der Waals surface area contributed by atoms with Gasteiger partial charge < -0.3 is 0 Å². The fourth-order valence-corrected chi connectivity index (χ4v) is 1.87. The van der Waals surface area contributed by atoms with Gasteiger partial charge in [-0.05, 0) is 36.4 Å². The number of hydrogen-bond acceptors (Lipinski definition) is 1. The Bertz CT molecular complexity index is 455. The Morgan fingerprint density at radius 2 is 1.77 bits per heavy atom. The summed E-state index contributed by atoms with van der Waals surface area (Å²) in [5.41, 5.74) is 2.42. The highest BCUT2D eigenvalue weighted by molar-refractivity contribution is 6.34. The van der Waals surface area contributed by atoms with Gasteiger partial charge in [0.1, 0.15) is 5.15 Å². The van der Waals surface area contributed by atoms with Gasteiger partial charge in [-0.2, -0.15) is 0 Å². The second kappa shape index (κ2) is 3.00. The Kier molecular flexibility index (Phi) is 1.97. The molecule has 0 N–H and O–H groups in total. The third-order valence-electron chi connectivity index (χ3n) is 2.31. The SMILES string of the molecule is Cc1ccc(C)c2c(Cl)nccc12. The number of aromatic nitrogens is 1. The van der Waals surface area contributed by atoms with Crippen LogP contribution in [0.15, 0.2) is 24.4 Å². The summed E-state index contributed by atoms with van der Waals surface area (Å²) in [6.45, 7) is 4.13. The van der Waals surface area contributed by atoms with Crippen LogP contribution in [-0.2, 0) is 0 Å². The number of nitrogens with zero attached hydrogens (tertiary/aromatic N) is 1. The Labute approximate surface area is 82.4 Å². The van der Waals surface area contributed by atoms with Crippen LogP contribution in [0.5, 0.6) is 0 Å². The van der Waals surface area contributed by atoms with Crippen molar-refractivity contribution in [3.63, 3.8) is 0 Å². The monoisotopic (exact) mass is 191 g/mol. The Hall–Kier alpha value is -1.08. The zero-order valence-electron chi connectivity index (χ0n) is 7.63. The molecular weight excluding hydrogens is 182 g/mol. The van der Waals surface area contributed by atoms with Gasteiger partial charge in [0.25, 0.3) is 0 Å². The molecule has 0 amide bonds. The minimum Gasteiger partial charge on any atom is -0.244 e. The lowest BCUT2D eigenvalue weighted by atomic mass is 10.0. The summed E-state index contributed by atoms with van der Waals surface area (Å²) in [5.74, 6) is 0. The van der Waals surface area contributed by atoms with E-state index in [1.807, 2.05) is 6.07 Å². The first-order chi connectivity index (χ1) is 6.20. The Morgan fingerprint density at radius 3 is 2.46 bits per heavy atom. The first-order valence-corrected chi connectivity index (χ1v) is 4.58. The van der Waals surface area contributed by atoms with Crippen molar-refractivity contribution in [2.45, 2.75) is 13.8 Å². The number of halogens is 1. The fourth-order valence-electron chi connectivity index (χ4n) is 1.56. The van der Waals surface area contributed by atoms with Crippen LogP contribution in [-0.4, -0.2) is 4.98 Å². The molecule has 2 heteroatoms. The van der Waals surface area contributed by atoms with Gasteiger partial charge in [-0.15, -0.1) is 0 Å². The molecule has 13 heavy (non-hydrogen) atoms. The van der Waals surface area contributed by atoms with Crippen molar-refractivity contribution >= 4 is 22.4 Å². The van der Waals surface area contributed by atoms with E-state index < -0.39 is 0 Å². The molecule has 1 nitrogen and oxygen atoms in total. The standard InChI is InChI=1S/C11H10ClN/c1-7-3-4-8(2)10-9(7)5-6-13-11(10)12/h3-6H,1-2H3. The molecule has 0 radical (unpaired) electrons. The number of rotatable bonds is 0. The summed E-state index contributed by atoms with van der Waals surface area (Å²) >= 11 is 6.02. The minimum atomic E-state index is 0.596. The van der Waals surface area contributed by atoms with Crippen LogP contribution in [0, 0.1) is 13.8 Å².